The van der Waals surface area contributed by atoms with Gasteiger partial charge >= 0.3 is 0 Å². The third-order valence-corrected chi connectivity index (χ3v) is 28.7. The molecule has 69 heavy (non-hydrogen) atoms. The number of hydrogen-bond acceptors (Lipinski definition) is 0. The van der Waals surface area contributed by atoms with Crippen molar-refractivity contribution in [3.05, 3.63) is 0 Å². The molecule has 0 aromatic rings. The van der Waals surface area contributed by atoms with Crippen LogP contribution >= 0.6 is 0 Å². The van der Waals surface area contributed by atoms with Crippen LogP contribution in [0.2, 0.25) is 0 Å². The molecule has 19 aliphatic rings. The van der Waals surface area contributed by atoms with Gasteiger partial charge in [0.1, 0.15) is 0 Å². The van der Waals surface area contributed by atoms with Gasteiger partial charge in [0.25, 0.3) is 0 Å². The quantitative estimate of drug-likeness (QED) is 0.246. The fourth-order valence-corrected chi connectivity index (χ4v) is 24.8. The first-order valence-corrected chi connectivity index (χ1v) is 32.4. The average molecular weight is 948 g/mol. The zero-order chi connectivity index (χ0) is 48.7. The van der Waals surface area contributed by atoms with E-state index in [9.17, 15) is 0 Å². The van der Waals surface area contributed by atoms with Crippen molar-refractivity contribution in [2.24, 2.45) is 150 Å². The van der Waals surface area contributed by atoms with E-state index in [1.54, 1.807) is 148 Å². The molecule has 0 radical (unpaired) electrons. The molecule has 0 amide bonds. The summed E-state index contributed by atoms with van der Waals surface area (Å²) in [5, 5.41) is 0. The summed E-state index contributed by atoms with van der Waals surface area (Å²) in [6.07, 6.45) is 46.7. The molecule has 19 aliphatic carbocycles. The molecule has 19 saturated carbocycles. The Balaban J connectivity index is 0.0000000911. The van der Waals surface area contributed by atoms with Gasteiger partial charge in [-0.2, -0.15) is 0 Å². The van der Waals surface area contributed by atoms with Gasteiger partial charge in [-0.15, -0.1) is 0 Å². The van der Waals surface area contributed by atoms with Crippen molar-refractivity contribution < 1.29 is 0 Å². The van der Waals surface area contributed by atoms with E-state index in [0.29, 0.717) is 27.1 Å². The summed E-state index contributed by atoms with van der Waals surface area (Å²) in [5.74, 6) is 21.3. The Morgan fingerprint density at radius 1 is 0.348 bits per heavy atom. The highest BCUT2D eigenvalue weighted by Gasteiger charge is 2.58. The molecular formula is C69H118. The van der Waals surface area contributed by atoms with Crippen molar-refractivity contribution >= 4 is 0 Å². The van der Waals surface area contributed by atoms with Gasteiger partial charge in [-0.25, -0.2) is 0 Å². The lowest BCUT2D eigenvalue weighted by molar-refractivity contribution is -0.113. The highest BCUT2D eigenvalue weighted by atomic mass is 14.6. The van der Waals surface area contributed by atoms with Crippen LogP contribution in [0.5, 0.6) is 0 Å². The molecule has 0 heterocycles. The van der Waals surface area contributed by atoms with E-state index in [2.05, 4.69) is 90.0 Å². The van der Waals surface area contributed by atoms with E-state index in [0.717, 1.165) is 117 Å². The SMILES string of the molecule is CC(C)(C)C12CC3CC(CC(C3)C1)C2.CC1(C)C2CC3CC(C2)CC1C3.CC1(C)CC2CC1C1CCCC21.CC1(C)CC2CCC1C2.CC1(C)CC2CCC1C2.CCC1(C)C2CC3CC(C2)CC1C3. The van der Waals surface area contributed by atoms with E-state index in [-0.39, 0.29) is 0 Å². The summed E-state index contributed by atoms with van der Waals surface area (Å²) >= 11 is 0. The van der Waals surface area contributed by atoms with Crippen molar-refractivity contribution in [3.8, 4) is 0 Å². The van der Waals surface area contributed by atoms with Crippen LogP contribution in [-0.4, -0.2) is 0 Å². The van der Waals surface area contributed by atoms with Gasteiger partial charge in [0.2, 0.25) is 0 Å². The van der Waals surface area contributed by atoms with E-state index >= 15 is 0 Å². The zero-order valence-corrected chi connectivity index (χ0v) is 48.7. The fourth-order valence-electron chi connectivity index (χ4n) is 24.8. The summed E-state index contributed by atoms with van der Waals surface area (Å²) in [6.45, 7) is 32.3. The molecule has 394 valence electrons. The Kier molecular flexibility index (Phi) is 13.6. The third-order valence-electron chi connectivity index (χ3n) is 28.7. The monoisotopic (exact) mass is 947 g/mol. The lowest BCUT2D eigenvalue weighted by Crippen LogP contribution is -2.51. The molecule has 0 aromatic heterocycles. The van der Waals surface area contributed by atoms with E-state index < -0.39 is 0 Å². The van der Waals surface area contributed by atoms with Crippen LogP contribution in [0.3, 0.4) is 0 Å². The minimum atomic E-state index is 0.559. The maximum atomic E-state index is 2.58. The summed E-state index contributed by atoms with van der Waals surface area (Å²) < 4.78 is 0. The average Bonchev–Trinajstić information content (AvgIpc) is 4.14. The molecular weight excluding hydrogens is 829 g/mol. The van der Waals surface area contributed by atoms with Crippen LogP contribution in [0.15, 0.2) is 0 Å². The van der Waals surface area contributed by atoms with Crippen LogP contribution in [0.25, 0.3) is 0 Å². The standard InChI is InChI=1S/C14H24.C13H22.2C12H20.2C9H16/c1-13(2,3)14-7-10-4-11(8-14)6-12(5-10)9-14;1-3-13(2)11-5-9-4-10(7-11)8-12(13)6-9;1-12(2)10-4-8-3-9(6-10)7-11(12)5-8;1-12(2)7-8-6-11(12)10-5-3-4-9(8)10;2*1-9(2)6-7-3-4-8(9)5-7/h10-12H,4-9H2,1-3H3;9-12H,3-8H2,1-2H3;2*8-11H,3-7H2,1-2H3;2*7-8H,3-6H2,1-2H3. The van der Waals surface area contributed by atoms with Gasteiger partial charge in [-0.1, -0.05) is 116 Å². The topological polar surface area (TPSA) is 0 Å². The van der Waals surface area contributed by atoms with Crippen LogP contribution in [0, 0.1) is 150 Å². The molecule has 0 heteroatoms. The molecule has 0 aromatic carbocycles. The molecule has 8 atom stereocenters. The van der Waals surface area contributed by atoms with Crippen LogP contribution in [0.1, 0.15) is 283 Å². The van der Waals surface area contributed by atoms with Gasteiger partial charge in [0.05, 0.1) is 0 Å². The van der Waals surface area contributed by atoms with Crippen molar-refractivity contribution in [1.82, 2.24) is 0 Å². The highest BCUT2D eigenvalue weighted by Crippen LogP contribution is 2.68. The number of hydrogen-bond donors (Lipinski definition) is 0. The number of fused-ring (bicyclic) bond motifs is 9. The van der Waals surface area contributed by atoms with Gasteiger partial charge in [0, 0.05) is 0 Å². The second-order valence-electron chi connectivity index (χ2n) is 34.9. The molecule has 0 N–H and O–H groups in total. The summed E-state index contributed by atoms with van der Waals surface area (Å²) in [5.41, 5.74) is 4.87. The predicted octanol–water partition coefficient (Wildman–Crippen LogP) is 20.7. The lowest BCUT2D eigenvalue weighted by atomic mass is 9.43. The van der Waals surface area contributed by atoms with E-state index in [1.165, 1.54) is 50.9 Å². The first kappa shape index (κ1) is 51.1. The zero-order valence-electron chi connectivity index (χ0n) is 48.7. The predicted molar refractivity (Wildman–Crippen MR) is 296 cm³/mol. The van der Waals surface area contributed by atoms with Crippen LogP contribution in [0.4, 0.5) is 0 Å². The molecule has 19 fully saturated rings. The number of rotatable bonds is 1. The Labute approximate surface area is 430 Å². The largest absolute Gasteiger partial charge is 0.0648 e. The molecule has 0 nitrogen and oxygen atoms in total. The van der Waals surface area contributed by atoms with Crippen LogP contribution < -0.4 is 0 Å². The normalized spacial score (nSPS) is 52.4. The van der Waals surface area contributed by atoms with Crippen LogP contribution in [-0.2, 0) is 0 Å². The van der Waals surface area contributed by atoms with Crippen molar-refractivity contribution in [2.75, 3.05) is 0 Å². The first-order chi connectivity index (χ1) is 32.4. The summed E-state index contributed by atoms with van der Waals surface area (Å²) in [4.78, 5) is 0. The van der Waals surface area contributed by atoms with Gasteiger partial charge < -0.3 is 0 Å². The Bertz CT molecular complexity index is 1650. The summed E-state index contributed by atoms with van der Waals surface area (Å²) in [6, 6.07) is 0. The minimum absolute atomic E-state index is 0.559. The molecule has 19 rings (SSSR count). The molecule has 0 aliphatic heterocycles. The Morgan fingerprint density at radius 2 is 0.739 bits per heavy atom. The second-order valence-corrected chi connectivity index (χ2v) is 34.9. The second kappa shape index (κ2) is 18.3. The van der Waals surface area contributed by atoms with Gasteiger partial charge in [0.15, 0.2) is 0 Å². The van der Waals surface area contributed by atoms with Crippen molar-refractivity contribution in [1.29, 1.82) is 0 Å². The van der Waals surface area contributed by atoms with E-state index in [4.69, 9.17) is 0 Å². The van der Waals surface area contributed by atoms with Crippen molar-refractivity contribution in [2.45, 2.75) is 283 Å². The third kappa shape index (κ3) is 9.56. The molecule has 0 spiro atoms. The molecule has 8 unspecified atom stereocenters. The highest BCUT2D eigenvalue weighted by molar-refractivity contribution is 5.08. The molecule has 0 saturated heterocycles. The maximum absolute atomic E-state index is 2.58. The maximum Gasteiger partial charge on any atom is -0.0241 e. The Hall–Kier alpha value is 0. The van der Waals surface area contributed by atoms with Gasteiger partial charge in [-0.3, -0.25) is 0 Å². The summed E-state index contributed by atoms with van der Waals surface area (Å²) in [7, 11) is 0. The first-order valence-electron chi connectivity index (χ1n) is 32.4. The van der Waals surface area contributed by atoms with E-state index in [1.807, 2.05) is 0 Å². The minimum Gasteiger partial charge on any atom is -0.0648 e. The van der Waals surface area contributed by atoms with Crippen molar-refractivity contribution in [3.63, 3.8) is 0 Å². The fraction of sp³-hybridized carbons (Fsp3) is 1.00. The molecule has 18 bridgehead atoms. The smallest absolute Gasteiger partial charge is 0.0241 e. The Morgan fingerprint density at radius 3 is 1.09 bits per heavy atom. The lowest BCUT2D eigenvalue weighted by Gasteiger charge is -2.62. The van der Waals surface area contributed by atoms with Gasteiger partial charge in [-0.05, 0) is 317 Å².